The van der Waals surface area contributed by atoms with Gasteiger partial charge < -0.3 is 15.1 Å². The highest BCUT2D eigenvalue weighted by atomic mass is 32.1. The fraction of sp³-hybridized carbons (Fsp3) is 0.529. The minimum absolute atomic E-state index is 0.118. The van der Waals surface area contributed by atoms with E-state index in [9.17, 15) is 4.79 Å². The number of piperidine rings is 1. The molecule has 7 nitrogen and oxygen atoms in total. The van der Waals surface area contributed by atoms with Crippen LogP contribution in [0.15, 0.2) is 18.6 Å². The molecule has 5 rings (SSSR count). The van der Waals surface area contributed by atoms with Gasteiger partial charge in [0.25, 0.3) is 5.91 Å². The van der Waals surface area contributed by atoms with Crippen molar-refractivity contribution >= 4 is 28.2 Å². The lowest BCUT2D eigenvalue weighted by molar-refractivity contribution is 0.0596. The molecule has 3 aliphatic heterocycles. The van der Waals surface area contributed by atoms with Crippen molar-refractivity contribution in [3.05, 3.63) is 29.2 Å². The molecule has 3 fully saturated rings. The Bertz CT molecular complexity index is 764. The molecular formula is C17H22N6OS. The lowest BCUT2D eigenvalue weighted by Crippen LogP contribution is -2.47. The molecule has 0 aliphatic carbocycles. The molecule has 0 spiro atoms. The summed E-state index contributed by atoms with van der Waals surface area (Å²) in [6, 6.07) is 0.216. The van der Waals surface area contributed by atoms with Crippen LogP contribution in [0.25, 0.3) is 0 Å². The van der Waals surface area contributed by atoms with Crippen molar-refractivity contribution in [2.24, 2.45) is 5.92 Å². The first-order valence-corrected chi connectivity index (χ1v) is 9.44. The largest absolute Gasteiger partial charge is 0.365 e. The number of amides is 1. The van der Waals surface area contributed by atoms with Gasteiger partial charge in [-0.2, -0.15) is 0 Å². The van der Waals surface area contributed by atoms with Gasteiger partial charge in [0, 0.05) is 45.1 Å². The molecule has 0 aromatic carbocycles. The number of hydrogen-bond acceptors (Lipinski definition) is 7. The summed E-state index contributed by atoms with van der Waals surface area (Å²) in [4.78, 5) is 31.3. The topological polar surface area (TPSA) is 74.2 Å². The smallest absolute Gasteiger partial charge is 0.266 e. The molecule has 2 atom stereocenters. The Morgan fingerprint density at radius 2 is 2.16 bits per heavy atom. The molecule has 8 heteroatoms. The van der Waals surface area contributed by atoms with Gasteiger partial charge in [-0.05, 0) is 25.7 Å². The Morgan fingerprint density at radius 1 is 1.28 bits per heavy atom. The van der Waals surface area contributed by atoms with E-state index in [1.54, 1.807) is 12.4 Å². The van der Waals surface area contributed by atoms with Crippen LogP contribution in [0.1, 0.15) is 28.2 Å². The van der Waals surface area contributed by atoms with Crippen LogP contribution in [0.2, 0.25) is 0 Å². The van der Waals surface area contributed by atoms with Crippen LogP contribution in [0.3, 0.4) is 0 Å². The predicted octanol–water partition coefficient (Wildman–Crippen LogP) is 2.02. The van der Waals surface area contributed by atoms with Gasteiger partial charge in [0.05, 0.1) is 11.9 Å². The maximum atomic E-state index is 13.2. The zero-order valence-electron chi connectivity index (χ0n) is 14.5. The molecule has 0 saturated carbocycles. The Hall–Kier alpha value is -2.22. The molecule has 5 heterocycles. The van der Waals surface area contributed by atoms with E-state index in [1.165, 1.54) is 11.3 Å². The average molecular weight is 358 g/mol. The molecule has 0 radical (unpaired) electrons. The number of rotatable bonds is 3. The van der Waals surface area contributed by atoms with Crippen LogP contribution in [0.4, 0.5) is 10.9 Å². The zero-order chi connectivity index (χ0) is 17.4. The third-order valence-corrected chi connectivity index (χ3v) is 6.22. The number of anilines is 2. The first kappa shape index (κ1) is 16.3. The van der Waals surface area contributed by atoms with Crippen molar-refractivity contribution in [3.8, 4) is 0 Å². The predicted molar refractivity (Wildman–Crippen MR) is 98.2 cm³/mol. The van der Waals surface area contributed by atoms with E-state index >= 15 is 0 Å². The fourth-order valence-electron chi connectivity index (χ4n) is 3.80. The quantitative estimate of drug-likeness (QED) is 0.905. The van der Waals surface area contributed by atoms with Crippen molar-refractivity contribution in [2.75, 3.05) is 36.9 Å². The summed E-state index contributed by atoms with van der Waals surface area (Å²) in [5, 5.41) is 3.83. The van der Waals surface area contributed by atoms with Gasteiger partial charge in [0.2, 0.25) is 0 Å². The van der Waals surface area contributed by atoms with E-state index in [0.717, 1.165) is 54.0 Å². The van der Waals surface area contributed by atoms with Crippen molar-refractivity contribution in [2.45, 2.75) is 25.8 Å². The summed E-state index contributed by atoms with van der Waals surface area (Å²) in [6.07, 6.45) is 7.44. The average Bonchev–Trinajstić information content (AvgIpc) is 2.82. The normalized spacial score (nSPS) is 22.8. The van der Waals surface area contributed by atoms with Gasteiger partial charge in [-0.3, -0.25) is 9.78 Å². The van der Waals surface area contributed by atoms with Crippen molar-refractivity contribution < 1.29 is 4.79 Å². The second kappa shape index (κ2) is 6.59. The number of aryl methyl sites for hydroxylation is 1. The van der Waals surface area contributed by atoms with Gasteiger partial charge in [0.1, 0.15) is 10.7 Å². The second-order valence-corrected chi connectivity index (χ2v) is 7.71. The molecule has 3 saturated heterocycles. The minimum Gasteiger partial charge on any atom is -0.365 e. The van der Waals surface area contributed by atoms with E-state index in [2.05, 4.69) is 30.1 Å². The first-order valence-electron chi connectivity index (χ1n) is 8.63. The van der Waals surface area contributed by atoms with E-state index in [4.69, 9.17) is 0 Å². The summed E-state index contributed by atoms with van der Waals surface area (Å²) < 4.78 is 0. The monoisotopic (exact) mass is 358 g/mol. The lowest BCUT2D eigenvalue weighted by atomic mass is 9.95. The minimum atomic E-state index is 0.118. The highest BCUT2D eigenvalue weighted by Gasteiger charge is 2.38. The number of nitrogens with one attached hydrogen (secondary N) is 1. The molecule has 1 N–H and O–H groups in total. The molecule has 132 valence electrons. The molecule has 3 aliphatic rings. The summed E-state index contributed by atoms with van der Waals surface area (Å²) in [5.74, 6) is 1.49. The van der Waals surface area contributed by atoms with Crippen molar-refractivity contribution in [1.29, 1.82) is 0 Å². The Labute approximate surface area is 151 Å². The maximum absolute atomic E-state index is 13.2. The number of hydrogen-bond donors (Lipinski definition) is 1. The van der Waals surface area contributed by atoms with Crippen molar-refractivity contribution in [3.63, 3.8) is 0 Å². The number of thiazole rings is 1. The molecule has 2 aromatic heterocycles. The summed E-state index contributed by atoms with van der Waals surface area (Å²) in [7, 11) is 1.83. The first-order chi connectivity index (χ1) is 12.2. The van der Waals surface area contributed by atoms with E-state index in [0.29, 0.717) is 5.92 Å². The van der Waals surface area contributed by atoms with E-state index < -0.39 is 0 Å². The van der Waals surface area contributed by atoms with Gasteiger partial charge in [-0.1, -0.05) is 11.3 Å². The number of carbonyl (C=O) groups is 1. The number of nitrogens with zero attached hydrogens (tertiary/aromatic N) is 5. The SMILES string of the molecule is CNc1nc(C)c(C(=O)N2C[C@H]3CC[C@@H]2CN(c2cnccn2)C3)s1. The zero-order valence-corrected chi connectivity index (χ0v) is 15.3. The van der Waals surface area contributed by atoms with Gasteiger partial charge >= 0.3 is 0 Å². The fourth-order valence-corrected chi connectivity index (χ4v) is 4.68. The summed E-state index contributed by atoms with van der Waals surface area (Å²) >= 11 is 1.44. The Kier molecular flexibility index (Phi) is 4.29. The number of fused-ring (bicyclic) bond motifs is 4. The number of aromatic nitrogens is 3. The molecule has 25 heavy (non-hydrogen) atoms. The molecule has 2 aromatic rings. The van der Waals surface area contributed by atoms with Gasteiger partial charge in [0.15, 0.2) is 5.13 Å². The maximum Gasteiger partial charge on any atom is 0.266 e. The van der Waals surface area contributed by atoms with Gasteiger partial charge in [-0.25, -0.2) is 9.97 Å². The van der Waals surface area contributed by atoms with Crippen LogP contribution in [-0.4, -0.2) is 58.5 Å². The highest BCUT2D eigenvalue weighted by Crippen LogP contribution is 2.32. The van der Waals surface area contributed by atoms with Gasteiger partial charge in [-0.15, -0.1) is 0 Å². The van der Waals surface area contributed by atoms with E-state index in [-0.39, 0.29) is 11.9 Å². The molecular weight excluding hydrogens is 336 g/mol. The van der Waals surface area contributed by atoms with Crippen LogP contribution < -0.4 is 10.2 Å². The molecule has 1 amide bonds. The standard InChI is InChI=1S/C17H22N6OS/c1-11-15(25-17(18-2)21-11)16(24)23-9-12-3-4-13(23)10-22(8-12)14-7-19-5-6-20-14/h5-7,12-13H,3-4,8-10H2,1-2H3,(H,18,21)/t12-,13+/m0/s1. The van der Waals surface area contributed by atoms with Crippen LogP contribution in [0.5, 0.6) is 0 Å². The third kappa shape index (κ3) is 3.06. The highest BCUT2D eigenvalue weighted by molar-refractivity contribution is 7.17. The van der Waals surface area contributed by atoms with Crippen LogP contribution in [0, 0.1) is 12.8 Å². The number of carbonyl (C=O) groups excluding carboxylic acids is 1. The molecule has 0 unspecified atom stereocenters. The molecule has 2 bridgehead atoms. The lowest BCUT2D eigenvalue weighted by Gasteiger charge is -2.35. The summed E-state index contributed by atoms with van der Waals surface area (Å²) in [5.41, 5.74) is 0.810. The Balaban J connectivity index is 1.58. The van der Waals surface area contributed by atoms with Crippen LogP contribution >= 0.6 is 11.3 Å². The summed E-state index contributed by atoms with van der Waals surface area (Å²) in [6.45, 7) is 4.47. The Morgan fingerprint density at radius 3 is 2.88 bits per heavy atom. The van der Waals surface area contributed by atoms with Crippen molar-refractivity contribution in [1.82, 2.24) is 19.9 Å². The second-order valence-electron chi connectivity index (χ2n) is 6.71. The van der Waals surface area contributed by atoms with Crippen LogP contribution in [-0.2, 0) is 0 Å². The third-order valence-electron chi connectivity index (χ3n) is 5.05. The van der Waals surface area contributed by atoms with E-state index in [1.807, 2.05) is 20.2 Å².